The van der Waals surface area contributed by atoms with Crippen LogP contribution in [0.3, 0.4) is 0 Å². The Morgan fingerprint density at radius 2 is 1.74 bits per heavy atom. The topological polar surface area (TPSA) is 24.1 Å². The molecule has 0 spiro atoms. The van der Waals surface area contributed by atoms with Crippen LogP contribution in [0.2, 0.25) is 0 Å². The predicted octanol–water partition coefficient (Wildman–Crippen LogP) is 4.21. The van der Waals surface area contributed by atoms with Gasteiger partial charge in [0.15, 0.2) is 5.11 Å². The number of thiol groups is 1. The monoisotopic (exact) mass is 290 g/mol. The first kappa shape index (κ1) is 14.2. The smallest absolute Gasteiger partial charge is 0.171 e. The van der Waals surface area contributed by atoms with E-state index in [1.165, 1.54) is 5.39 Å². The predicted molar refractivity (Wildman–Crippen MR) is 90.3 cm³/mol. The van der Waals surface area contributed by atoms with Crippen molar-refractivity contribution in [1.82, 2.24) is 5.32 Å². The highest BCUT2D eigenvalue weighted by molar-refractivity contribution is 7.80. The van der Waals surface area contributed by atoms with E-state index in [1.54, 1.807) is 0 Å². The first-order valence-electron chi connectivity index (χ1n) is 6.15. The summed E-state index contributed by atoms with van der Waals surface area (Å²) in [5.74, 6) is 0. The Kier molecular flexibility index (Phi) is 4.02. The molecule has 0 atom stereocenters. The molecule has 2 aromatic carbocycles. The average Bonchev–Trinajstić information content (AvgIpc) is 2.25. The highest BCUT2D eigenvalue weighted by Gasteiger charge is 2.10. The highest BCUT2D eigenvalue weighted by Crippen LogP contribution is 2.22. The lowest BCUT2D eigenvalue weighted by Crippen LogP contribution is -2.42. The van der Waals surface area contributed by atoms with E-state index in [9.17, 15) is 0 Å². The van der Waals surface area contributed by atoms with E-state index >= 15 is 0 Å². The summed E-state index contributed by atoms with van der Waals surface area (Å²) >= 11 is 9.66. The maximum Gasteiger partial charge on any atom is 0.171 e. The Morgan fingerprint density at radius 1 is 1.05 bits per heavy atom. The SMILES string of the molecule is CC(C)(C)NC(=S)Nc1ccc2ccc(S)cc2c1. The van der Waals surface area contributed by atoms with Gasteiger partial charge in [-0.05, 0) is 68.0 Å². The lowest BCUT2D eigenvalue weighted by atomic mass is 10.1. The molecule has 0 saturated heterocycles. The molecule has 0 saturated carbocycles. The van der Waals surface area contributed by atoms with Gasteiger partial charge < -0.3 is 10.6 Å². The van der Waals surface area contributed by atoms with E-state index in [2.05, 4.69) is 62.2 Å². The van der Waals surface area contributed by atoms with E-state index in [1.807, 2.05) is 18.2 Å². The second kappa shape index (κ2) is 5.39. The minimum Gasteiger partial charge on any atom is -0.358 e. The van der Waals surface area contributed by atoms with Crippen LogP contribution in [-0.2, 0) is 0 Å². The summed E-state index contributed by atoms with van der Waals surface area (Å²) in [5.41, 5.74) is 0.937. The fraction of sp³-hybridized carbons (Fsp3) is 0.267. The van der Waals surface area contributed by atoms with Crippen molar-refractivity contribution < 1.29 is 0 Å². The van der Waals surface area contributed by atoms with Crippen LogP contribution in [0, 0.1) is 0 Å². The zero-order valence-corrected chi connectivity index (χ0v) is 13.0. The van der Waals surface area contributed by atoms with Gasteiger partial charge in [0, 0.05) is 16.1 Å². The first-order valence-corrected chi connectivity index (χ1v) is 7.01. The zero-order chi connectivity index (χ0) is 14.0. The number of hydrogen-bond donors (Lipinski definition) is 3. The molecule has 2 nitrogen and oxygen atoms in total. The lowest BCUT2D eigenvalue weighted by Gasteiger charge is -2.23. The molecule has 0 unspecified atom stereocenters. The quantitative estimate of drug-likeness (QED) is 0.541. The number of benzene rings is 2. The average molecular weight is 290 g/mol. The van der Waals surface area contributed by atoms with Gasteiger partial charge in [-0.3, -0.25) is 0 Å². The minimum absolute atomic E-state index is 0.0425. The standard InChI is InChI=1S/C15H18N2S2/c1-15(2,3)17-14(19)16-12-6-4-10-5-7-13(18)9-11(10)8-12/h4-9,18H,1-3H3,(H2,16,17,19). The summed E-state index contributed by atoms with van der Waals surface area (Å²) < 4.78 is 0. The Labute approximate surface area is 125 Å². The summed E-state index contributed by atoms with van der Waals surface area (Å²) in [5, 5.41) is 9.41. The Hall–Kier alpha value is -1.26. The number of fused-ring (bicyclic) bond motifs is 1. The van der Waals surface area contributed by atoms with Crippen LogP contribution in [0.1, 0.15) is 20.8 Å². The van der Waals surface area contributed by atoms with Crippen molar-refractivity contribution in [3.8, 4) is 0 Å². The maximum atomic E-state index is 5.30. The van der Waals surface area contributed by atoms with E-state index in [-0.39, 0.29) is 5.54 Å². The van der Waals surface area contributed by atoms with E-state index < -0.39 is 0 Å². The lowest BCUT2D eigenvalue weighted by molar-refractivity contribution is 0.515. The van der Waals surface area contributed by atoms with Crippen LogP contribution in [0.25, 0.3) is 10.8 Å². The van der Waals surface area contributed by atoms with Gasteiger partial charge in [-0.2, -0.15) is 0 Å². The maximum absolute atomic E-state index is 5.30. The normalized spacial score (nSPS) is 11.4. The second-order valence-electron chi connectivity index (χ2n) is 5.58. The highest BCUT2D eigenvalue weighted by atomic mass is 32.1. The summed E-state index contributed by atoms with van der Waals surface area (Å²) in [6.45, 7) is 6.23. The van der Waals surface area contributed by atoms with E-state index in [4.69, 9.17) is 12.2 Å². The third kappa shape index (κ3) is 4.11. The molecule has 0 amide bonds. The molecule has 0 heterocycles. The molecule has 0 fully saturated rings. The summed E-state index contributed by atoms with van der Waals surface area (Å²) in [4.78, 5) is 0.958. The number of hydrogen-bond acceptors (Lipinski definition) is 2. The van der Waals surface area contributed by atoms with Gasteiger partial charge in [0.2, 0.25) is 0 Å². The fourth-order valence-electron chi connectivity index (χ4n) is 1.81. The van der Waals surface area contributed by atoms with Crippen LogP contribution in [0.5, 0.6) is 0 Å². The van der Waals surface area contributed by atoms with Crippen molar-refractivity contribution in [2.75, 3.05) is 5.32 Å². The second-order valence-corrected chi connectivity index (χ2v) is 6.50. The molecule has 0 aliphatic heterocycles. The van der Waals surface area contributed by atoms with Crippen molar-refractivity contribution in [2.45, 2.75) is 31.2 Å². The van der Waals surface area contributed by atoms with Gasteiger partial charge in [-0.1, -0.05) is 12.1 Å². The minimum atomic E-state index is -0.0425. The van der Waals surface area contributed by atoms with E-state index in [0.717, 1.165) is 16.0 Å². The Bertz CT molecular complexity index is 615. The van der Waals surface area contributed by atoms with Gasteiger partial charge >= 0.3 is 0 Å². The molecule has 0 aliphatic carbocycles. The molecule has 0 aliphatic rings. The summed E-state index contributed by atoms with van der Waals surface area (Å²) in [6, 6.07) is 12.3. The van der Waals surface area contributed by atoms with Crippen molar-refractivity contribution >= 4 is 46.4 Å². The van der Waals surface area contributed by atoms with Crippen LogP contribution >= 0.6 is 24.8 Å². The number of anilines is 1. The van der Waals surface area contributed by atoms with Gasteiger partial charge in [0.1, 0.15) is 0 Å². The van der Waals surface area contributed by atoms with Crippen molar-refractivity contribution in [3.63, 3.8) is 0 Å². The van der Waals surface area contributed by atoms with Crippen LogP contribution in [0.15, 0.2) is 41.3 Å². The van der Waals surface area contributed by atoms with Crippen LogP contribution < -0.4 is 10.6 Å². The molecule has 0 radical (unpaired) electrons. The van der Waals surface area contributed by atoms with Gasteiger partial charge in [-0.25, -0.2) is 0 Å². The molecule has 19 heavy (non-hydrogen) atoms. The van der Waals surface area contributed by atoms with Crippen LogP contribution in [-0.4, -0.2) is 10.7 Å². The fourth-order valence-corrected chi connectivity index (χ4v) is 2.45. The molecule has 2 N–H and O–H groups in total. The third-order valence-electron chi connectivity index (χ3n) is 2.57. The summed E-state index contributed by atoms with van der Waals surface area (Å²) in [6.07, 6.45) is 0. The first-order chi connectivity index (χ1) is 8.83. The number of rotatable bonds is 1. The van der Waals surface area contributed by atoms with Crippen molar-refractivity contribution in [1.29, 1.82) is 0 Å². The molecule has 0 bridgehead atoms. The molecular formula is C15H18N2S2. The molecule has 2 rings (SSSR count). The van der Waals surface area contributed by atoms with Gasteiger partial charge in [0.05, 0.1) is 0 Å². The van der Waals surface area contributed by atoms with Gasteiger partial charge in [0.25, 0.3) is 0 Å². The van der Waals surface area contributed by atoms with Gasteiger partial charge in [-0.15, -0.1) is 12.6 Å². The Morgan fingerprint density at radius 3 is 2.42 bits per heavy atom. The third-order valence-corrected chi connectivity index (χ3v) is 3.05. The zero-order valence-electron chi connectivity index (χ0n) is 11.3. The Balaban J connectivity index is 2.19. The molecule has 0 aromatic heterocycles. The largest absolute Gasteiger partial charge is 0.358 e. The van der Waals surface area contributed by atoms with Crippen molar-refractivity contribution in [3.05, 3.63) is 36.4 Å². The number of nitrogens with one attached hydrogen (secondary N) is 2. The van der Waals surface area contributed by atoms with E-state index in [0.29, 0.717) is 5.11 Å². The van der Waals surface area contributed by atoms with Crippen molar-refractivity contribution in [2.24, 2.45) is 0 Å². The molecular weight excluding hydrogens is 272 g/mol. The summed E-state index contributed by atoms with van der Waals surface area (Å²) in [7, 11) is 0. The molecule has 100 valence electrons. The molecule has 4 heteroatoms. The van der Waals surface area contributed by atoms with Crippen LogP contribution in [0.4, 0.5) is 5.69 Å². The molecule has 2 aromatic rings. The number of thiocarbonyl (C=S) groups is 1.